The number of carbonyl (C=O) groups excluding carboxylic acids is 1. The van der Waals surface area contributed by atoms with E-state index in [9.17, 15) is 4.79 Å². The number of carbonyl (C=O) groups is 1. The predicted molar refractivity (Wildman–Crippen MR) is 128 cm³/mol. The minimum absolute atomic E-state index is 0.441. The maximum atomic E-state index is 12.3. The number of anilines is 1. The van der Waals surface area contributed by atoms with Gasteiger partial charge in [-0.3, -0.25) is 4.98 Å². The van der Waals surface area contributed by atoms with Gasteiger partial charge in [0.15, 0.2) is 0 Å². The third-order valence-electron chi connectivity index (χ3n) is 5.12. The van der Waals surface area contributed by atoms with Crippen molar-refractivity contribution in [3.05, 3.63) is 83.8 Å². The van der Waals surface area contributed by atoms with E-state index in [0.717, 1.165) is 33.5 Å². The van der Waals surface area contributed by atoms with Gasteiger partial charge < -0.3 is 14.6 Å². The molecule has 0 aliphatic rings. The van der Waals surface area contributed by atoms with Crippen molar-refractivity contribution in [1.82, 2.24) is 15.0 Å². The first-order chi connectivity index (χ1) is 15.6. The van der Waals surface area contributed by atoms with E-state index in [1.807, 2.05) is 51.1 Å². The van der Waals surface area contributed by atoms with E-state index in [2.05, 4.69) is 43.6 Å². The summed E-state index contributed by atoms with van der Waals surface area (Å²) in [6.07, 6.45) is 3.44. The number of ether oxygens (including phenoxy) is 1. The zero-order valence-corrected chi connectivity index (χ0v) is 18.3. The molecule has 7 heteroatoms. The molecule has 2 amide bonds. The molecule has 0 radical (unpaired) electrons. The molecule has 0 aliphatic heterocycles. The highest BCUT2D eigenvalue weighted by molar-refractivity contribution is 5.92. The third kappa shape index (κ3) is 4.46. The Morgan fingerprint density at radius 2 is 1.97 bits per heavy atom. The second-order valence-electron chi connectivity index (χ2n) is 7.30. The van der Waals surface area contributed by atoms with Gasteiger partial charge in [-0.1, -0.05) is 18.2 Å². The van der Waals surface area contributed by atoms with Crippen LogP contribution in [0.25, 0.3) is 16.6 Å². The van der Waals surface area contributed by atoms with Crippen LogP contribution in [-0.2, 0) is 0 Å². The van der Waals surface area contributed by atoms with Gasteiger partial charge in [0.2, 0.25) is 0 Å². The number of nitrogens with zero attached hydrogens (tertiary/aromatic N) is 3. The second kappa shape index (κ2) is 9.34. The standard InChI is InChI=1S/C25H25N5O2/c1-4-32-24-10-6-5-9-23(24)28-25(31)29-27-16-20-14-17(2)30(18(20)3)21-11-12-22-19(15-21)8-7-13-26-22/h5-16H,4H2,1-3H3,(H2,28,29,31)/b27-16+. The number of aromatic nitrogens is 2. The number of pyridine rings is 1. The van der Waals surface area contributed by atoms with Crippen LogP contribution < -0.4 is 15.5 Å². The number of hydrazone groups is 1. The van der Waals surface area contributed by atoms with E-state index < -0.39 is 6.03 Å². The van der Waals surface area contributed by atoms with Crippen molar-refractivity contribution in [2.75, 3.05) is 11.9 Å². The summed E-state index contributed by atoms with van der Waals surface area (Å²) >= 11 is 0. The molecule has 7 nitrogen and oxygen atoms in total. The third-order valence-corrected chi connectivity index (χ3v) is 5.12. The molecule has 0 saturated carbocycles. The highest BCUT2D eigenvalue weighted by Crippen LogP contribution is 2.24. The molecule has 2 aromatic carbocycles. The fourth-order valence-electron chi connectivity index (χ4n) is 3.68. The van der Waals surface area contributed by atoms with Gasteiger partial charge in [0, 0.05) is 34.2 Å². The van der Waals surface area contributed by atoms with Gasteiger partial charge in [0.1, 0.15) is 5.75 Å². The number of urea groups is 1. The first-order valence-electron chi connectivity index (χ1n) is 10.4. The molecule has 4 rings (SSSR count). The molecule has 0 unspecified atom stereocenters. The highest BCUT2D eigenvalue weighted by atomic mass is 16.5. The quantitative estimate of drug-likeness (QED) is 0.328. The second-order valence-corrected chi connectivity index (χ2v) is 7.30. The summed E-state index contributed by atoms with van der Waals surface area (Å²) in [5, 5.41) is 7.96. The number of aryl methyl sites for hydroxylation is 1. The van der Waals surface area contributed by atoms with Gasteiger partial charge in [-0.2, -0.15) is 5.10 Å². The molecule has 0 fully saturated rings. The lowest BCUT2D eigenvalue weighted by atomic mass is 10.2. The number of nitrogens with one attached hydrogen (secondary N) is 2. The van der Waals surface area contributed by atoms with Gasteiger partial charge in [-0.25, -0.2) is 10.2 Å². The Bertz CT molecular complexity index is 1290. The molecule has 4 aromatic rings. The van der Waals surface area contributed by atoms with Crippen molar-refractivity contribution >= 4 is 28.8 Å². The topological polar surface area (TPSA) is 80.5 Å². The molecule has 0 aliphatic carbocycles. The normalized spacial score (nSPS) is 11.1. The minimum atomic E-state index is -0.441. The van der Waals surface area contributed by atoms with Crippen LogP contribution in [0.1, 0.15) is 23.9 Å². The van der Waals surface area contributed by atoms with Crippen LogP contribution in [0, 0.1) is 13.8 Å². The van der Waals surface area contributed by atoms with E-state index in [-0.39, 0.29) is 0 Å². The van der Waals surface area contributed by atoms with Crippen LogP contribution in [0.5, 0.6) is 5.75 Å². The molecule has 0 bridgehead atoms. The summed E-state index contributed by atoms with van der Waals surface area (Å²) in [6, 6.07) is 19.0. The molecule has 0 saturated heterocycles. The van der Waals surface area contributed by atoms with Gasteiger partial charge in [0.05, 0.1) is 24.0 Å². The summed E-state index contributed by atoms with van der Waals surface area (Å²) < 4.78 is 7.68. The molecule has 2 aromatic heterocycles. The fourth-order valence-corrected chi connectivity index (χ4v) is 3.68. The molecule has 0 spiro atoms. The van der Waals surface area contributed by atoms with Gasteiger partial charge >= 0.3 is 6.03 Å². The number of hydrogen-bond acceptors (Lipinski definition) is 4. The van der Waals surface area contributed by atoms with Crippen molar-refractivity contribution in [1.29, 1.82) is 0 Å². The smallest absolute Gasteiger partial charge is 0.339 e. The predicted octanol–water partition coefficient (Wildman–Crippen LogP) is 5.20. The van der Waals surface area contributed by atoms with E-state index in [0.29, 0.717) is 18.0 Å². The SMILES string of the molecule is CCOc1ccccc1NC(=O)N/N=C/c1cc(C)n(-c2ccc3ncccc3c2)c1C. The van der Waals surface area contributed by atoms with Crippen LogP contribution in [0.2, 0.25) is 0 Å². The first kappa shape index (κ1) is 21.1. The number of amides is 2. The van der Waals surface area contributed by atoms with Crippen LogP contribution in [0.15, 0.2) is 72.0 Å². The minimum Gasteiger partial charge on any atom is -0.492 e. The maximum Gasteiger partial charge on any atom is 0.339 e. The molecule has 162 valence electrons. The molecule has 32 heavy (non-hydrogen) atoms. The molecule has 2 N–H and O–H groups in total. The molecular weight excluding hydrogens is 402 g/mol. The number of benzene rings is 2. The summed E-state index contributed by atoms with van der Waals surface area (Å²) in [7, 11) is 0. The molecule has 0 atom stereocenters. The van der Waals surface area contributed by atoms with Gasteiger partial charge in [-0.15, -0.1) is 0 Å². The van der Waals surface area contributed by atoms with Crippen LogP contribution in [0.4, 0.5) is 10.5 Å². The Balaban J connectivity index is 1.49. The zero-order chi connectivity index (χ0) is 22.5. The Kier molecular flexibility index (Phi) is 6.17. The van der Waals surface area contributed by atoms with E-state index >= 15 is 0 Å². The molecular formula is C25H25N5O2. The van der Waals surface area contributed by atoms with Gasteiger partial charge in [0.25, 0.3) is 0 Å². The van der Waals surface area contributed by atoms with Gasteiger partial charge in [-0.05, 0) is 63.2 Å². The largest absolute Gasteiger partial charge is 0.492 e. The van der Waals surface area contributed by atoms with E-state index in [1.165, 1.54) is 0 Å². The Labute approximate surface area is 186 Å². The van der Waals surface area contributed by atoms with Crippen molar-refractivity contribution in [2.45, 2.75) is 20.8 Å². The van der Waals surface area contributed by atoms with Crippen molar-refractivity contribution in [3.63, 3.8) is 0 Å². The molecule has 2 heterocycles. The first-order valence-corrected chi connectivity index (χ1v) is 10.4. The maximum absolute atomic E-state index is 12.3. The average Bonchev–Trinajstić information content (AvgIpc) is 3.08. The number of para-hydroxylation sites is 2. The summed E-state index contributed by atoms with van der Waals surface area (Å²) in [5.74, 6) is 0.614. The zero-order valence-electron chi connectivity index (χ0n) is 18.3. The number of fused-ring (bicyclic) bond motifs is 1. The lowest BCUT2D eigenvalue weighted by Crippen LogP contribution is -2.24. The Hall–Kier alpha value is -4.13. The van der Waals surface area contributed by atoms with E-state index in [1.54, 1.807) is 24.5 Å². The van der Waals surface area contributed by atoms with Crippen molar-refractivity contribution < 1.29 is 9.53 Å². The average molecular weight is 428 g/mol. The van der Waals surface area contributed by atoms with Crippen LogP contribution >= 0.6 is 0 Å². The highest BCUT2D eigenvalue weighted by Gasteiger charge is 2.11. The van der Waals surface area contributed by atoms with E-state index in [4.69, 9.17) is 4.74 Å². The Morgan fingerprint density at radius 1 is 1.12 bits per heavy atom. The fraction of sp³-hybridized carbons (Fsp3) is 0.160. The summed E-state index contributed by atoms with van der Waals surface area (Å²) in [5.41, 5.74) is 8.14. The lowest BCUT2D eigenvalue weighted by Gasteiger charge is -2.11. The number of rotatable bonds is 6. The number of hydrogen-bond donors (Lipinski definition) is 2. The monoisotopic (exact) mass is 427 g/mol. The summed E-state index contributed by atoms with van der Waals surface area (Å²) in [6.45, 7) is 6.48. The van der Waals surface area contributed by atoms with Crippen LogP contribution in [-0.4, -0.2) is 28.4 Å². The van der Waals surface area contributed by atoms with Crippen molar-refractivity contribution in [3.8, 4) is 11.4 Å². The summed E-state index contributed by atoms with van der Waals surface area (Å²) in [4.78, 5) is 16.6. The lowest BCUT2D eigenvalue weighted by molar-refractivity contribution is 0.252. The van der Waals surface area contributed by atoms with Crippen LogP contribution in [0.3, 0.4) is 0 Å². The van der Waals surface area contributed by atoms with Crippen molar-refractivity contribution in [2.24, 2.45) is 5.10 Å². The Morgan fingerprint density at radius 3 is 2.81 bits per heavy atom.